The maximum atomic E-state index is 13.2. The highest BCUT2D eigenvalue weighted by atomic mass is 32.2. The Morgan fingerprint density at radius 2 is 1.85 bits per heavy atom. The molecule has 1 unspecified atom stereocenters. The number of nitrogens with two attached hydrogens (primary N) is 1. The quantitative estimate of drug-likeness (QED) is 0.350. The van der Waals surface area contributed by atoms with Crippen molar-refractivity contribution in [2.75, 3.05) is 36.4 Å². The number of nitrogens with zero attached hydrogens (tertiary/aromatic N) is 3. The van der Waals surface area contributed by atoms with E-state index in [-0.39, 0.29) is 35.1 Å². The van der Waals surface area contributed by atoms with Crippen LogP contribution in [0.15, 0.2) is 30.5 Å². The van der Waals surface area contributed by atoms with E-state index in [1.807, 2.05) is 0 Å². The molecule has 40 heavy (non-hydrogen) atoms. The van der Waals surface area contributed by atoms with Gasteiger partial charge in [-0.3, -0.25) is 13.8 Å². The van der Waals surface area contributed by atoms with E-state index in [1.54, 1.807) is 30.5 Å². The molecule has 2 saturated heterocycles. The van der Waals surface area contributed by atoms with E-state index in [0.29, 0.717) is 29.0 Å². The Hall–Kier alpha value is -3.09. The highest BCUT2D eigenvalue weighted by Crippen LogP contribution is 2.45. The van der Waals surface area contributed by atoms with E-state index in [2.05, 4.69) is 30.8 Å². The van der Waals surface area contributed by atoms with Crippen LogP contribution in [0.2, 0.25) is 0 Å². The van der Waals surface area contributed by atoms with Crippen molar-refractivity contribution in [2.24, 2.45) is 17.1 Å². The number of anilines is 3. The first kappa shape index (κ1) is 28.4. The summed E-state index contributed by atoms with van der Waals surface area (Å²) >= 11 is -2.18. The van der Waals surface area contributed by atoms with Gasteiger partial charge < -0.3 is 31.1 Å². The summed E-state index contributed by atoms with van der Waals surface area (Å²) in [7, 11) is 0. The van der Waals surface area contributed by atoms with Crippen molar-refractivity contribution in [3.63, 3.8) is 0 Å². The number of rotatable bonds is 8. The molecule has 2 aliphatic heterocycles. The minimum atomic E-state index is -2.18. The predicted octanol–water partition coefficient (Wildman–Crippen LogP) is 2.34. The summed E-state index contributed by atoms with van der Waals surface area (Å²) in [5.41, 5.74) is 7.27. The van der Waals surface area contributed by atoms with Crippen LogP contribution in [0.1, 0.15) is 67.4 Å². The Labute approximate surface area is 237 Å². The lowest BCUT2D eigenvalue weighted by Crippen LogP contribution is -2.50. The van der Waals surface area contributed by atoms with Crippen molar-refractivity contribution in [1.29, 1.82) is 0 Å². The summed E-state index contributed by atoms with van der Waals surface area (Å²) in [4.78, 5) is 36.3. The first-order valence-corrected chi connectivity index (χ1v) is 15.4. The highest BCUT2D eigenvalue weighted by molar-refractivity contribution is 7.78. The molecule has 216 valence electrons. The second kappa shape index (κ2) is 12.6. The number of primary amides is 1. The van der Waals surface area contributed by atoms with E-state index >= 15 is 0 Å². The second-order valence-corrected chi connectivity index (χ2v) is 12.3. The average Bonchev–Trinajstić information content (AvgIpc) is 2.94. The third-order valence-corrected chi connectivity index (χ3v) is 9.24. The van der Waals surface area contributed by atoms with Gasteiger partial charge in [0.1, 0.15) is 5.82 Å². The molecule has 2 atom stereocenters. The Kier molecular flexibility index (Phi) is 8.97. The number of hydrogen-bond acceptors (Lipinski definition) is 9. The molecule has 0 bridgehead atoms. The molecule has 3 fully saturated rings. The average molecular weight is 569 g/mol. The maximum absolute atomic E-state index is 13.2. The molecule has 11 nitrogen and oxygen atoms in total. The third-order valence-electron chi connectivity index (χ3n) is 8.67. The Morgan fingerprint density at radius 3 is 2.52 bits per heavy atom. The van der Waals surface area contributed by atoms with Gasteiger partial charge in [0.25, 0.3) is 5.91 Å². The minimum Gasteiger partial charge on any atom is -0.772 e. The molecule has 1 saturated carbocycles. The molecule has 2 aromatic rings. The third kappa shape index (κ3) is 6.97. The van der Waals surface area contributed by atoms with Crippen molar-refractivity contribution in [1.82, 2.24) is 20.6 Å². The molecule has 2 amide bonds. The summed E-state index contributed by atoms with van der Waals surface area (Å²) in [6.07, 6.45) is 10.0. The van der Waals surface area contributed by atoms with Gasteiger partial charge in [-0.15, -0.1) is 0 Å². The van der Waals surface area contributed by atoms with E-state index < -0.39 is 17.0 Å². The van der Waals surface area contributed by atoms with Crippen LogP contribution in [0.4, 0.5) is 17.3 Å². The van der Waals surface area contributed by atoms with Crippen LogP contribution in [-0.4, -0.2) is 62.8 Å². The van der Waals surface area contributed by atoms with Crippen molar-refractivity contribution in [3.05, 3.63) is 41.7 Å². The molecule has 0 radical (unpaired) electrons. The van der Waals surface area contributed by atoms with Gasteiger partial charge >= 0.3 is 0 Å². The Bertz CT molecular complexity index is 1230. The number of hydrogen-bond donors (Lipinski definition) is 4. The molecular weight excluding hydrogens is 530 g/mol. The van der Waals surface area contributed by atoms with Gasteiger partial charge in [-0.1, -0.05) is 23.2 Å². The van der Waals surface area contributed by atoms with Gasteiger partial charge in [-0.25, -0.2) is 9.97 Å². The number of amides is 2. The number of benzene rings is 1. The van der Waals surface area contributed by atoms with Gasteiger partial charge in [0.2, 0.25) is 5.91 Å². The maximum Gasteiger partial charge on any atom is 0.271 e. The number of carbonyl (C=O) groups excluding carboxylic acids is 2. The number of nitrogens with one attached hydrogen (secondary N) is 3. The smallest absolute Gasteiger partial charge is 0.271 e. The van der Waals surface area contributed by atoms with Crippen LogP contribution in [0, 0.1) is 11.3 Å². The molecule has 1 aromatic carbocycles. The zero-order chi connectivity index (χ0) is 28.1. The standard InChI is InChI=1S/C28H39N7O4S/c29-25(36)24-26(32-21-5-3-19(4-6-21)18-40(38)39)34-23(16-31-24)35-15-1-2-22(17-35)33-27(37)20-7-9-28(10-8-20)11-13-30-14-12-28/h3-6,16,20,22,30H,1-2,7-15,17-18H2,(H2,29,36)(H,32,34)(H,33,37)(H,38,39)/p-1/t22-/m1/s1. The molecule has 5 rings (SSSR count). The fourth-order valence-corrected chi connectivity index (χ4v) is 6.79. The molecular formula is C28H38N7O4S-. The number of piperidine rings is 2. The first-order valence-electron chi connectivity index (χ1n) is 14.1. The van der Waals surface area contributed by atoms with Crippen LogP contribution >= 0.6 is 0 Å². The summed E-state index contributed by atoms with van der Waals surface area (Å²) < 4.78 is 21.9. The topological polar surface area (TPSA) is 165 Å². The first-order chi connectivity index (χ1) is 19.3. The van der Waals surface area contributed by atoms with Gasteiger partial charge in [0.05, 0.1) is 6.20 Å². The lowest BCUT2D eigenvalue weighted by molar-refractivity contribution is -0.127. The highest BCUT2D eigenvalue weighted by Gasteiger charge is 2.38. The summed E-state index contributed by atoms with van der Waals surface area (Å²) in [6, 6.07) is 6.83. The van der Waals surface area contributed by atoms with Crippen LogP contribution in [0.5, 0.6) is 0 Å². The lowest BCUT2D eigenvalue weighted by Gasteiger charge is -2.43. The monoisotopic (exact) mass is 568 g/mol. The van der Waals surface area contributed by atoms with Crippen LogP contribution in [0.3, 0.4) is 0 Å². The molecule has 5 N–H and O–H groups in total. The van der Waals surface area contributed by atoms with Gasteiger partial charge in [0.15, 0.2) is 11.5 Å². The normalized spacial score (nSPS) is 22.0. The van der Waals surface area contributed by atoms with Crippen molar-refractivity contribution in [3.8, 4) is 0 Å². The number of aromatic nitrogens is 2. The van der Waals surface area contributed by atoms with Gasteiger partial charge in [-0.2, -0.15) is 0 Å². The van der Waals surface area contributed by atoms with Gasteiger partial charge in [0, 0.05) is 36.5 Å². The summed E-state index contributed by atoms with van der Waals surface area (Å²) in [5, 5.41) is 9.86. The van der Waals surface area contributed by atoms with E-state index in [4.69, 9.17) is 5.73 Å². The van der Waals surface area contributed by atoms with Crippen LogP contribution in [-0.2, 0) is 21.6 Å². The van der Waals surface area contributed by atoms with E-state index in [9.17, 15) is 18.4 Å². The molecule has 1 aliphatic carbocycles. The van der Waals surface area contributed by atoms with Crippen LogP contribution < -0.4 is 26.6 Å². The van der Waals surface area contributed by atoms with E-state index in [1.165, 1.54) is 12.8 Å². The summed E-state index contributed by atoms with van der Waals surface area (Å²) in [6.45, 7) is 3.55. The number of carbonyl (C=O) groups is 2. The predicted molar refractivity (Wildman–Crippen MR) is 153 cm³/mol. The zero-order valence-corrected chi connectivity index (χ0v) is 23.5. The zero-order valence-electron chi connectivity index (χ0n) is 22.7. The van der Waals surface area contributed by atoms with E-state index in [0.717, 1.165) is 58.2 Å². The molecule has 3 heterocycles. The fraction of sp³-hybridized carbons (Fsp3) is 0.571. The van der Waals surface area contributed by atoms with Crippen molar-refractivity contribution >= 4 is 40.2 Å². The second-order valence-electron chi connectivity index (χ2n) is 11.4. The lowest BCUT2D eigenvalue weighted by atomic mass is 9.65. The molecule has 1 spiro atoms. The summed E-state index contributed by atoms with van der Waals surface area (Å²) in [5.74, 6) is 0.288. The van der Waals surface area contributed by atoms with Gasteiger partial charge in [-0.05, 0) is 87.6 Å². The minimum absolute atomic E-state index is 0.0131. The molecule has 12 heteroatoms. The van der Waals surface area contributed by atoms with Crippen molar-refractivity contribution < 1.29 is 18.4 Å². The fourth-order valence-electron chi connectivity index (χ4n) is 6.33. The SMILES string of the molecule is NC(=O)c1ncc(N2CCC[C@@H](NC(=O)C3CCC4(CCNCC4)CC3)C2)nc1Nc1ccc(CS(=O)[O-])cc1. The van der Waals surface area contributed by atoms with Crippen molar-refractivity contribution in [2.45, 2.75) is 63.2 Å². The van der Waals surface area contributed by atoms with Crippen LogP contribution in [0.25, 0.3) is 0 Å². The molecule has 1 aromatic heterocycles. The Balaban J connectivity index is 1.21. The Morgan fingerprint density at radius 1 is 1.12 bits per heavy atom. The largest absolute Gasteiger partial charge is 0.772 e. The molecule has 3 aliphatic rings.